The number of carbonyl (C=O) groups excluding carboxylic acids is 2. The molecule has 1 aromatic carbocycles. The third-order valence-corrected chi connectivity index (χ3v) is 4.36. The fourth-order valence-corrected chi connectivity index (χ4v) is 2.68. The number of hydrogen-bond donors (Lipinski definition) is 2. The Kier molecular flexibility index (Phi) is 5.84. The minimum atomic E-state index is -0.274. The molecule has 1 aliphatic rings. The van der Waals surface area contributed by atoms with Crippen molar-refractivity contribution in [1.82, 2.24) is 10.2 Å². The van der Waals surface area contributed by atoms with Crippen molar-refractivity contribution >= 4 is 17.8 Å². The van der Waals surface area contributed by atoms with Crippen LogP contribution >= 0.6 is 0 Å². The number of carbonyl (C=O) groups is 2. The molecule has 6 nitrogen and oxygen atoms in total. The molecule has 0 bridgehead atoms. The molecule has 0 atom stereocenters. The van der Waals surface area contributed by atoms with Gasteiger partial charge in [0.2, 0.25) is 0 Å². The SMILES string of the molecule is COC(=O)N1CCC(CNC(=O)Nc2ccc(C)c(C)c2)CC1. The summed E-state index contributed by atoms with van der Waals surface area (Å²) in [6.07, 6.45) is 1.47. The summed E-state index contributed by atoms with van der Waals surface area (Å²) in [5, 5.41) is 5.76. The molecule has 1 fully saturated rings. The number of nitrogens with zero attached hydrogens (tertiary/aromatic N) is 1. The Morgan fingerprint density at radius 2 is 1.91 bits per heavy atom. The van der Waals surface area contributed by atoms with Crippen LogP contribution in [0.15, 0.2) is 18.2 Å². The fourth-order valence-electron chi connectivity index (χ4n) is 2.68. The van der Waals surface area contributed by atoms with Gasteiger partial charge < -0.3 is 20.3 Å². The highest BCUT2D eigenvalue weighted by atomic mass is 16.5. The zero-order valence-corrected chi connectivity index (χ0v) is 14.0. The van der Waals surface area contributed by atoms with Crippen molar-refractivity contribution in [3.8, 4) is 0 Å². The Morgan fingerprint density at radius 1 is 1.22 bits per heavy atom. The maximum atomic E-state index is 12.0. The highest BCUT2D eigenvalue weighted by Crippen LogP contribution is 2.17. The third-order valence-electron chi connectivity index (χ3n) is 4.36. The van der Waals surface area contributed by atoms with E-state index in [0.29, 0.717) is 25.6 Å². The summed E-state index contributed by atoms with van der Waals surface area (Å²) in [7, 11) is 1.40. The van der Waals surface area contributed by atoms with Crippen LogP contribution in [0, 0.1) is 19.8 Å². The van der Waals surface area contributed by atoms with Crippen LogP contribution in [0.5, 0.6) is 0 Å². The summed E-state index contributed by atoms with van der Waals surface area (Å²) in [6, 6.07) is 5.66. The molecule has 126 valence electrons. The van der Waals surface area contributed by atoms with Gasteiger partial charge in [-0.1, -0.05) is 6.07 Å². The molecule has 2 rings (SSSR count). The van der Waals surface area contributed by atoms with E-state index in [4.69, 9.17) is 4.74 Å². The van der Waals surface area contributed by atoms with Gasteiger partial charge >= 0.3 is 12.1 Å². The lowest BCUT2D eigenvalue weighted by atomic mass is 9.97. The Balaban J connectivity index is 1.73. The predicted molar refractivity (Wildman–Crippen MR) is 89.6 cm³/mol. The average molecular weight is 319 g/mol. The van der Waals surface area contributed by atoms with Crippen molar-refractivity contribution in [2.75, 3.05) is 32.1 Å². The van der Waals surface area contributed by atoms with Gasteiger partial charge in [0.1, 0.15) is 0 Å². The minimum Gasteiger partial charge on any atom is -0.453 e. The number of hydrogen-bond acceptors (Lipinski definition) is 3. The molecule has 1 heterocycles. The highest BCUT2D eigenvalue weighted by Gasteiger charge is 2.23. The van der Waals surface area contributed by atoms with Crippen molar-refractivity contribution < 1.29 is 14.3 Å². The van der Waals surface area contributed by atoms with Crippen LogP contribution in [0.4, 0.5) is 15.3 Å². The number of urea groups is 1. The van der Waals surface area contributed by atoms with Gasteiger partial charge in [-0.25, -0.2) is 9.59 Å². The van der Waals surface area contributed by atoms with Gasteiger partial charge in [-0.2, -0.15) is 0 Å². The largest absolute Gasteiger partial charge is 0.453 e. The molecule has 0 radical (unpaired) electrons. The second-order valence-corrected chi connectivity index (χ2v) is 6.03. The molecule has 6 heteroatoms. The Labute approximate surface area is 137 Å². The van der Waals surface area contributed by atoms with E-state index in [1.807, 2.05) is 32.0 Å². The average Bonchev–Trinajstić information content (AvgIpc) is 2.56. The predicted octanol–water partition coefficient (Wildman–Crippen LogP) is 2.90. The number of methoxy groups -OCH3 is 1. The molecule has 0 aromatic heterocycles. The summed E-state index contributed by atoms with van der Waals surface area (Å²) >= 11 is 0. The summed E-state index contributed by atoms with van der Waals surface area (Å²) in [5.41, 5.74) is 3.15. The van der Waals surface area contributed by atoms with Gasteiger partial charge in [0.15, 0.2) is 0 Å². The van der Waals surface area contributed by atoms with Crippen LogP contribution < -0.4 is 10.6 Å². The molecular formula is C17H25N3O3. The first-order valence-electron chi connectivity index (χ1n) is 7.94. The lowest BCUT2D eigenvalue weighted by molar-refractivity contribution is 0.106. The van der Waals surface area contributed by atoms with E-state index in [1.54, 1.807) is 4.90 Å². The Bertz CT molecular complexity index is 566. The zero-order chi connectivity index (χ0) is 16.8. The molecule has 0 spiro atoms. The van der Waals surface area contributed by atoms with Gasteiger partial charge in [-0.05, 0) is 55.9 Å². The first kappa shape index (κ1) is 17.1. The number of rotatable bonds is 3. The van der Waals surface area contributed by atoms with Crippen molar-refractivity contribution in [2.24, 2.45) is 5.92 Å². The van der Waals surface area contributed by atoms with E-state index >= 15 is 0 Å². The molecule has 0 unspecified atom stereocenters. The van der Waals surface area contributed by atoms with Crippen LogP contribution in [-0.2, 0) is 4.74 Å². The van der Waals surface area contributed by atoms with Crippen LogP contribution in [0.1, 0.15) is 24.0 Å². The van der Waals surface area contributed by atoms with Crippen LogP contribution in [0.3, 0.4) is 0 Å². The quantitative estimate of drug-likeness (QED) is 0.900. The maximum Gasteiger partial charge on any atom is 0.409 e. The molecule has 0 aliphatic carbocycles. The number of amides is 3. The highest BCUT2D eigenvalue weighted by molar-refractivity contribution is 5.89. The summed E-state index contributed by atoms with van der Waals surface area (Å²) < 4.78 is 4.71. The number of ether oxygens (including phenoxy) is 1. The molecular weight excluding hydrogens is 294 g/mol. The van der Waals surface area contributed by atoms with Crippen molar-refractivity contribution in [3.63, 3.8) is 0 Å². The number of nitrogens with one attached hydrogen (secondary N) is 2. The Morgan fingerprint density at radius 3 is 2.52 bits per heavy atom. The molecule has 3 amide bonds. The summed E-state index contributed by atoms with van der Waals surface area (Å²) in [6.45, 7) is 6.04. The minimum absolute atomic E-state index is 0.191. The summed E-state index contributed by atoms with van der Waals surface area (Å²) in [5.74, 6) is 0.390. The van der Waals surface area contributed by atoms with Gasteiger partial charge in [0.25, 0.3) is 0 Å². The first-order valence-corrected chi connectivity index (χ1v) is 7.94. The second kappa shape index (κ2) is 7.85. The van der Waals surface area contributed by atoms with E-state index in [0.717, 1.165) is 24.1 Å². The van der Waals surface area contributed by atoms with E-state index in [9.17, 15) is 9.59 Å². The molecule has 1 saturated heterocycles. The van der Waals surface area contributed by atoms with Crippen LogP contribution in [0.25, 0.3) is 0 Å². The zero-order valence-electron chi connectivity index (χ0n) is 14.0. The van der Waals surface area contributed by atoms with Crippen molar-refractivity contribution in [2.45, 2.75) is 26.7 Å². The Hall–Kier alpha value is -2.24. The topological polar surface area (TPSA) is 70.7 Å². The number of anilines is 1. The monoisotopic (exact) mass is 319 g/mol. The van der Waals surface area contributed by atoms with E-state index < -0.39 is 0 Å². The third kappa shape index (κ3) is 4.87. The molecule has 1 aliphatic heterocycles. The van der Waals surface area contributed by atoms with E-state index in [-0.39, 0.29) is 12.1 Å². The van der Waals surface area contributed by atoms with Crippen molar-refractivity contribution in [3.05, 3.63) is 29.3 Å². The fraction of sp³-hybridized carbons (Fsp3) is 0.529. The first-order chi connectivity index (χ1) is 11.0. The van der Waals surface area contributed by atoms with Crippen LogP contribution in [0.2, 0.25) is 0 Å². The van der Waals surface area contributed by atoms with Crippen LogP contribution in [-0.4, -0.2) is 43.8 Å². The van der Waals surface area contributed by atoms with Crippen molar-refractivity contribution in [1.29, 1.82) is 0 Å². The van der Waals surface area contributed by atoms with E-state index in [2.05, 4.69) is 10.6 Å². The number of piperidine rings is 1. The van der Waals surface area contributed by atoms with Gasteiger partial charge in [0, 0.05) is 25.3 Å². The second-order valence-electron chi connectivity index (χ2n) is 6.03. The lowest BCUT2D eigenvalue weighted by Gasteiger charge is -2.30. The number of benzene rings is 1. The molecule has 0 saturated carbocycles. The van der Waals surface area contributed by atoms with Gasteiger partial charge in [-0.15, -0.1) is 0 Å². The number of likely N-dealkylation sites (tertiary alicyclic amines) is 1. The molecule has 23 heavy (non-hydrogen) atoms. The standard InChI is InChI=1S/C17H25N3O3/c1-12-4-5-15(10-13(12)2)19-16(21)18-11-14-6-8-20(9-7-14)17(22)23-3/h4-5,10,14H,6-9,11H2,1-3H3,(H2,18,19,21). The summed E-state index contributed by atoms with van der Waals surface area (Å²) in [4.78, 5) is 25.1. The molecule has 1 aromatic rings. The lowest BCUT2D eigenvalue weighted by Crippen LogP contribution is -2.42. The van der Waals surface area contributed by atoms with E-state index in [1.165, 1.54) is 12.7 Å². The molecule has 2 N–H and O–H groups in total. The van der Waals surface area contributed by atoms with Gasteiger partial charge in [-0.3, -0.25) is 0 Å². The normalized spacial score (nSPS) is 15.2. The maximum absolute atomic E-state index is 12.0. The smallest absolute Gasteiger partial charge is 0.409 e. The van der Waals surface area contributed by atoms with Gasteiger partial charge in [0.05, 0.1) is 7.11 Å². The number of aryl methyl sites for hydroxylation is 2.